The first-order valence-electron chi connectivity index (χ1n) is 9.03. The van der Waals surface area contributed by atoms with Gasteiger partial charge in [-0.05, 0) is 42.0 Å². The minimum Gasteiger partial charge on any atom is -0.373 e. The van der Waals surface area contributed by atoms with Crippen molar-refractivity contribution in [3.63, 3.8) is 0 Å². The highest BCUT2D eigenvalue weighted by Gasteiger charge is 2.06. The maximum absolute atomic E-state index is 12.3. The van der Waals surface area contributed by atoms with Crippen molar-refractivity contribution in [2.24, 2.45) is 0 Å². The fourth-order valence-corrected chi connectivity index (χ4v) is 3.56. The van der Waals surface area contributed by atoms with E-state index in [1.807, 2.05) is 67.7 Å². The largest absolute Gasteiger partial charge is 0.373 e. The van der Waals surface area contributed by atoms with Gasteiger partial charge in [0.25, 0.3) is 5.91 Å². The van der Waals surface area contributed by atoms with Gasteiger partial charge in [-0.2, -0.15) is 0 Å². The molecule has 3 rings (SSSR count). The third kappa shape index (κ3) is 5.90. The molecule has 0 fully saturated rings. The summed E-state index contributed by atoms with van der Waals surface area (Å²) in [4.78, 5) is 15.7. The van der Waals surface area contributed by atoms with E-state index in [9.17, 15) is 4.79 Å². The lowest BCUT2D eigenvalue weighted by atomic mass is 10.1. The fourth-order valence-electron chi connectivity index (χ4n) is 2.69. The monoisotopic (exact) mass is 376 g/mol. The van der Waals surface area contributed by atoms with Crippen molar-refractivity contribution >= 4 is 23.4 Å². The van der Waals surface area contributed by atoms with Crippen molar-refractivity contribution in [3.05, 3.63) is 96.1 Å². The third-order valence-corrected chi connectivity index (χ3v) is 5.38. The lowest BCUT2D eigenvalue weighted by Gasteiger charge is -2.19. The molecule has 0 bridgehead atoms. The summed E-state index contributed by atoms with van der Waals surface area (Å²) in [5.41, 5.74) is 3.06. The minimum absolute atomic E-state index is 0.0290. The molecule has 0 saturated heterocycles. The van der Waals surface area contributed by atoms with Gasteiger partial charge in [0.05, 0.1) is 0 Å². The average Bonchev–Trinajstić information content (AvgIpc) is 2.74. The first-order valence-corrected chi connectivity index (χ1v) is 10.0. The molecule has 3 aromatic rings. The van der Waals surface area contributed by atoms with E-state index in [0.717, 1.165) is 18.0 Å². The molecule has 0 aliphatic heterocycles. The van der Waals surface area contributed by atoms with Crippen LogP contribution in [0, 0.1) is 0 Å². The summed E-state index contributed by atoms with van der Waals surface area (Å²) in [6.45, 7) is 1.37. The molecule has 1 N–H and O–H groups in total. The Labute approximate surface area is 165 Å². The van der Waals surface area contributed by atoms with E-state index in [0.29, 0.717) is 12.1 Å². The van der Waals surface area contributed by atoms with Crippen LogP contribution in [0.5, 0.6) is 0 Å². The van der Waals surface area contributed by atoms with Crippen LogP contribution in [-0.2, 0) is 5.75 Å². The summed E-state index contributed by atoms with van der Waals surface area (Å²) in [6.07, 6.45) is 0. The highest BCUT2D eigenvalue weighted by Crippen LogP contribution is 2.22. The second kappa shape index (κ2) is 9.83. The molecule has 3 nitrogen and oxygen atoms in total. The molecule has 0 unspecified atom stereocenters. The van der Waals surface area contributed by atoms with Gasteiger partial charge in [0, 0.05) is 42.0 Å². The van der Waals surface area contributed by atoms with Gasteiger partial charge >= 0.3 is 0 Å². The van der Waals surface area contributed by atoms with Crippen molar-refractivity contribution in [1.82, 2.24) is 5.32 Å². The molecule has 0 spiro atoms. The number of likely N-dealkylation sites (N-methyl/N-ethyl adjacent to an activating group) is 1. The number of hydrogen-bond donors (Lipinski definition) is 1. The number of carbonyl (C=O) groups is 1. The van der Waals surface area contributed by atoms with E-state index in [4.69, 9.17) is 0 Å². The van der Waals surface area contributed by atoms with Crippen molar-refractivity contribution in [3.8, 4) is 0 Å². The quantitative estimate of drug-likeness (QED) is 0.571. The Morgan fingerprint density at radius 2 is 1.52 bits per heavy atom. The van der Waals surface area contributed by atoms with E-state index in [2.05, 4.69) is 34.5 Å². The molecule has 0 radical (unpaired) electrons. The van der Waals surface area contributed by atoms with Crippen LogP contribution in [0.4, 0.5) is 5.69 Å². The van der Waals surface area contributed by atoms with Crippen LogP contribution < -0.4 is 10.2 Å². The zero-order valence-corrected chi connectivity index (χ0v) is 16.3. The molecule has 0 heterocycles. The van der Waals surface area contributed by atoms with Crippen molar-refractivity contribution in [2.45, 2.75) is 10.6 Å². The Kier molecular flexibility index (Phi) is 6.94. The minimum atomic E-state index is -0.0290. The normalized spacial score (nSPS) is 10.4. The molecule has 3 aromatic carbocycles. The number of benzene rings is 3. The number of para-hydroxylation sites is 1. The number of hydrogen-bond acceptors (Lipinski definition) is 3. The first-order chi connectivity index (χ1) is 13.2. The topological polar surface area (TPSA) is 32.3 Å². The fraction of sp³-hybridized carbons (Fsp3) is 0.174. The number of rotatable bonds is 8. The SMILES string of the molecule is CN(CCNC(=O)c1ccc(CSc2ccccc2)cc1)c1ccccc1. The van der Waals surface area contributed by atoms with Crippen LogP contribution in [0.1, 0.15) is 15.9 Å². The van der Waals surface area contributed by atoms with Crippen LogP contribution in [0.2, 0.25) is 0 Å². The van der Waals surface area contributed by atoms with Crippen molar-refractivity contribution in [2.75, 3.05) is 25.0 Å². The summed E-state index contributed by atoms with van der Waals surface area (Å²) < 4.78 is 0. The van der Waals surface area contributed by atoms with Crippen LogP contribution >= 0.6 is 11.8 Å². The van der Waals surface area contributed by atoms with E-state index in [-0.39, 0.29) is 5.91 Å². The molecule has 4 heteroatoms. The van der Waals surface area contributed by atoms with Gasteiger partial charge in [0.1, 0.15) is 0 Å². The molecular weight excluding hydrogens is 352 g/mol. The maximum atomic E-state index is 12.3. The van der Waals surface area contributed by atoms with Crippen molar-refractivity contribution < 1.29 is 4.79 Å². The smallest absolute Gasteiger partial charge is 0.251 e. The Balaban J connectivity index is 1.44. The first kappa shape index (κ1) is 19.1. The standard InChI is InChI=1S/C23H24N2OS/c1-25(21-8-4-2-5-9-21)17-16-24-23(26)20-14-12-19(13-15-20)18-27-22-10-6-3-7-11-22/h2-15H,16-18H2,1H3,(H,24,26). The summed E-state index contributed by atoms with van der Waals surface area (Å²) in [5.74, 6) is 0.868. The summed E-state index contributed by atoms with van der Waals surface area (Å²) in [6, 6.07) is 28.4. The highest BCUT2D eigenvalue weighted by molar-refractivity contribution is 7.98. The Morgan fingerprint density at radius 1 is 0.889 bits per heavy atom. The van der Waals surface area contributed by atoms with Gasteiger partial charge in [0.2, 0.25) is 0 Å². The molecule has 0 aromatic heterocycles. The lowest BCUT2D eigenvalue weighted by molar-refractivity contribution is 0.0954. The van der Waals surface area contributed by atoms with Gasteiger partial charge in [-0.25, -0.2) is 0 Å². The Hall–Kier alpha value is -2.72. The zero-order chi connectivity index (χ0) is 18.9. The number of nitrogens with one attached hydrogen (secondary N) is 1. The van der Waals surface area contributed by atoms with Crippen LogP contribution in [0.3, 0.4) is 0 Å². The summed E-state index contributed by atoms with van der Waals surface area (Å²) in [7, 11) is 2.03. The van der Waals surface area contributed by atoms with Gasteiger partial charge in [-0.15, -0.1) is 11.8 Å². The number of nitrogens with zero attached hydrogens (tertiary/aromatic N) is 1. The Bertz CT molecular complexity index is 835. The van der Waals surface area contributed by atoms with Crippen LogP contribution in [-0.4, -0.2) is 26.0 Å². The van der Waals surface area contributed by atoms with Gasteiger partial charge in [-0.3, -0.25) is 4.79 Å². The number of thioether (sulfide) groups is 1. The molecule has 0 atom stereocenters. The summed E-state index contributed by atoms with van der Waals surface area (Å²) in [5, 5.41) is 2.99. The average molecular weight is 377 g/mol. The number of anilines is 1. The number of carbonyl (C=O) groups excluding carboxylic acids is 1. The molecule has 1 amide bonds. The Morgan fingerprint density at radius 3 is 2.19 bits per heavy atom. The molecule has 27 heavy (non-hydrogen) atoms. The van der Waals surface area contributed by atoms with Crippen molar-refractivity contribution in [1.29, 1.82) is 0 Å². The molecule has 138 valence electrons. The van der Waals surface area contributed by atoms with Gasteiger partial charge in [-0.1, -0.05) is 48.5 Å². The molecule has 0 saturated carbocycles. The zero-order valence-electron chi connectivity index (χ0n) is 15.5. The lowest BCUT2D eigenvalue weighted by Crippen LogP contribution is -2.32. The molecule has 0 aliphatic rings. The highest BCUT2D eigenvalue weighted by atomic mass is 32.2. The predicted molar refractivity (Wildman–Crippen MR) is 114 cm³/mol. The maximum Gasteiger partial charge on any atom is 0.251 e. The third-order valence-electron chi connectivity index (χ3n) is 4.29. The van der Waals surface area contributed by atoms with E-state index in [1.165, 1.54) is 10.5 Å². The summed E-state index contributed by atoms with van der Waals surface area (Å²) >= 11 is 1.80. The molecule has 0 aliphatic carbocycles. The van der Waals surface area contributed by atoms with Crippen LogP contribution in [0.25, 0.3) is 0 Å². The van der Waals surface area contributed by atoms with E-state index >= 15 is 0 Å². The van der Waals surface area contributed by atoms with E-state index < -0.39 is 0 Å². The second-order valence-electron chi connectivity index (χ2n) is 6.31. The van der Waals surface area contributed by atoms with E-state index in [1.54, 1.807) is 11.8 Å². The second-order valence-corrected chi connectivity index (χ2v) is 7.36. The van der Waals surface area contributed by atoms with Gasteiger partial charge < -0.3 is 10.2 Å². The van der Waals surface area contributed by atoms with Crippen LogP contribution in [0.15, 0.2) is 89.8 Å². The predicted octanol–water partition coefficient (Wildman–Crippen LogP) is 4.85. The van der Waals surface area contributed by atoms with Gasteiger partial charge in [0.15, 0.2) is 0 Å². The molecular formula is C23H24N2OS. The number of amides is 1.